The van der Waals surface area contributed by atoms with Gasteiger partial charge >= 0.3 is 17.9 Å². The zero-order valence-electron chi connectivity index (χ0n) is 34.3. The van der Waals surface area contributed by atoms with Crippen molar-refractivity contribution in [2.75, 3.05) is 41.0 Å². The number of esters is 3. The van der Waals surface area contributed by atoms with Crippen molar-refractivity contribution in [3.63, 3.8) is 0 Å². The molecular formula is C43H62N2O10S2. The molecule has 0 saturated heterocycles. The highest BCUT2D eigenvalue weighted by Gasteiger charge is 2.23. The monoisotopic (exact) mass is 830 g/mol. The van der Waals surface area contributed by atoms with Gasteiger partial charge in [-0.1, -0.05) is 86.1 Å². The number of methoxy groups -OCH3 is 3. The Morgan fingerprint density at radius 2 is 1.00 bits per heavy atom. The number of unbranched alkanes of at least 4 members (excludes halogenated alkanes) is 8. The Morgan fingerprint density at radius 1 is 0.544 bits per heavy atom. The molecule has 0 aliphatic heterocycles. The molecule has 0 heterocycles. The van der Waals surface area contributed by atoms with Crippen molar-refractivity contribution < 1.29 is 45.4 Å². The predicted octanol–water partition coefficient (Wildman–Crippen LogP) is 7.71. The van der Waals surface area contributed by atoms with Crippen molar-refractivity contribution in [3.8, 4) is 0 Å². The van der Waals surface area contributed by atoms with E-state index in [1.807, 2.05) is 38.1 Å². The van der Waals surface area contributed by atoms with Crippen LogP contribution in [0.1, 0.15) is 111 Å². The maximum Gasteiger partial charge on any atom is 0.337 e. The summed E-state index contributed by atoms with van der Waals surface area (Å²) in [6.45, 7) is 5.16. The Balaban J connectivity index is 0.000000438. The predicted molar refractivity (Wildman–Crippen MR) is 222 cm³/mol. The molecule has 0 aliphatic carbocycles. The Labute approximate surface area is 340 Å². The number of benzene rings is 3. The Morgan fingerprint density at radius 3 is 1.51 bits per heavy atom. The number of aryl methyl sites for hydroxylation is 3. The first-order valence-electron chi connectivity index (χ1n) is 19.7. The van der Waals surface area contributed by atoms with Gasteiger partial charge in [0.1, 0.15) is 0 Å². The molecular weight excluding hydrogens is 769 g/mol. The van der Waals surface area contributed by atoms with Crippen LogP contribution in [0, 0.1) is 13.8 Å². The zero-order chi connectivity index (χ0) is 42.1. The van der Waals surface area contributed by atoms with Crippen LogP contribution in [0.2, 0.25) is 0 Å². The van der Waals surface area contributed by atoms with Gasteiger partial charge in [0.25, 0.3) is 0 Å². The number of nitrogens with one attached hydrogen (secondary N) is 1. The topological polar surface area (TPSA) is 162 Å². The summed E-state index contributed by atoms with van der Waals surface area (Å²) in [6.07, 6.45) is 11.1. The highest BCUT2D eigenvalue weighted by molar-refractivity contribution is 7.89. The number of sulfonamides is 2. The normalized spacial score (nSPS) is 11.4. The Bertz CT molecular complexity index is 1850. The largest absolute Gasteiger partial charge is 0.469 e. The fourth-order valence-electron chi connectivity index (χ4n) is 5.82. The summed E-state index contributed by atoms with van der Waals surface area (Å²) in [5, 5.41) is 0. The lowest BCUT2D eigenvalue weighted by Gasteiger charge is -2.22. The smallest absolute Gasteiger partial charge is 0.337 e. The number of hydrogen-bond acceptors (Lipinski definition) is 10. The summed E-state index contributed by atoms with van der Waals surface area (Å²) < 4.78 is 68.9. The molecule has 0 saturated carbocycles. The molecule has 316 valence electrons. The molecule has 57 heavy (non-hydrogen) atoms. The third-order valence-electron chi connectivity index (χ3n) is 9.33. The molecule has 0 aromatic heterocycles. The lowest BCUT2D eigenvalue weighted by atomic mass is 10.1. The van der Waals surface area contributed by atoms with E-state index in [0.717, 1.165) is 80.9 Å². The average molecular weight is 831 g/mol. The fraction of sp³-hybridized carbons (Fsp3) is 0.512. The zero-order valence-corrected chi connectivity index (χ0v) is 35.9. The number of nitrogens with zero attached hydrogens (tertiary/aromatic N) is 1. The van der Waals surface area contributed by atoms with Crippen LogP contribution < -0.4 is 4.72 Å². The SMILES string of the molecule is COC(=O)CCCCCCCN(CCCc1ccc(C(=O)OC)cc1)S(=O)(=O)c1ccc(C)cc1.COC(=O)CCCCCCCNS(=O)(=O)c1ccc(C)cc1. The maximum atomic E-state index is 13.3. The van der Waals surface area contributed by atoms with Gasteiger partial charge in [-0.3, -0.25) is 9.59 Å². The second kappa shape index (κ2) is 26.7. The summed E-state index contributed by atoms with van der Waals surface area (Å²) in [5.41, 5.74) is 3.58. The van der Waals surface area contributed by atoms with Gasteiger partial charge in [-0.05, 0) is 94.3 Å². The van der Waals surface area contributed by atoms with Crippen LogP contribution >= 0.6 is 0 Å². The van der Waals surface area contributed by atoms with Gasteiger partial charge in [0.05, 0.1) is 36.7 Å². The van der Waals surface area contributed by atoms with E-state index in [1.165, 1.54) is 21.3 Å². The highest BCUT2D eigenvalue weighted by Crippen LogP contribution is 2.19. The third kappa shape index (κ3) is 19.3. The molecule has 0 fully saturated rings. The van der Waals surface area contributed by atoms with E-state index < -0.39 is 20.0 Å². The first-order chi connectivity index (χ1) is 27.2. The number of ether oxygens (including phenoxy) is 3. The minimum Gasteiger partial charge on any atom is -0.469 e. The second-order valence-corrected chi connectivity index (χ2v) is 17.6. The molecule has 0 aliphatic rings. The van der Waals surface area contributed by atoms with E-state index in [4.69, 9.17) is 4.74 Å². The van der Waals surface area contributed by atoms with E-state index in [1.54, 1.807) is 52.8 Å². The van der Waals surface area contributed by atoms with Crippen LogP contribution in [0.3, 0.4) is 0 Å². The Hall–Kier alpha value is -4.11. The van der Waals surface area contributed by atoms with Crippen molar-refractivity contribution in [1.29, 1.82) is 0 Å². The summed E-state index contributed by atoms with van der Waals surface area (Å²) in [4.78, 5) is 34.3. The maximum absolute atomic E-state index is 13.3. The van der Waals surface area contributed by atoms with E-state index in [9.17, 15) is 31.2 Å². The minimum absolute atomic E-state index is 0.175. The molecule has 0 bridgehead atoms. The molecule has 3 aromatic rings. The summed E-state index contributed by atoms with van der Waals surface area (Å²) in [5.74, 6) is -0.747. The summed E-state index contributed by atoms with van der Waals surface area (Å²) in [7, 11) is -2.86. The van der Waals surface area contributed by atoms with Crippen LogP contribution in [0.4, 0.5) is 0 Å². The van der Waals surface area contributed by atoms with Crippen LogP contribution in [-0.4, -0.2) is 80.0 Å². The van der Waals surface area contributed by atoms with Gasteiger partial charge < -0.3 is 14.2 Å². The van der Waals surface area contributed by atoms with Crippen LogP contribution in [0.5, 0.6) is 0 Å². The van der Waals surface area contributed by atoms with E-state index in [0.29, 0.717) is 60.7 Å². The van der Waals surface area contributed by atoms with Gasteiger partial charge in [0.2, 0.25) is 20.0 Å². The van der Waals surface area contributed by atoms with Crippen LogP contribution in [0.25, 0.3) is 0 Å². The first kappa shape index (κ1) is 49.0. The van der Waals surface area contributed by atoms with Crippen molar-refractivity contribution >= 4 is 38.0 Å². The van der Waals surface area contributed by atoms with Gasteiger partial charge in [0.15, 0.2) is 0 Å². The number of carbonyl (C=O) groups excluding carboxylic acids is 3. The van der Waals surface area contributed by atoms with Crippen LogP contribution in [-0.2, 0) is 50.3 Å². The number of rotatable bonds is 25. The van der Waals surface area contributed by atoms with Gasteiger partial charge in [0, 0.05) is 32.5 Å². The van der Waals surface area contributed by atoms with Crippen molar-refractivity contribution in [3.05, 3.63) is 95.1 Å². The van der Waals surface area contributed by atoms with E-state index in [-0.39, 0.29) is 17.9 Å². The third-order valence-corrected chi connectivity index (χ3v) is 12.7. The lowest BCUT2D eigenvalue weighted by Crippen LogP contribution is -2.33. The molecule has 0 spiro atoms. The van der Waals surface area contributed by atoms with E-state index >= 15 is 0 Å². The molecule has 0 radical (unpaired) electrons. The molecule has 12 nitrogen and oxygen atoms in total. The second-order valence-electron chi connectivity index (χ2n) is 13.9. The quantitative estimate of drug-likeness (QED) is 0.0509. The van der Waals surface area contributed by atoms with Gasteiger partial charge in [-0.25, -0.2) is 26.4 Å². The average Bonchev–Trinajstić information content (AvgIpc) is 3.20. The van der Waals surface area contributed by atoms with Crippen molar-refractivity contribution in [2.45, 2.75) is 114 Å². The summed E-state index contributed by atoms with van der Waals surface area (Å²) in [6, 6.07) is 21.0. The summed E-state index contributed by atoms with van der Waals surface area (Å²) >= 11 is 0. The first-order valence-corrected chi connectivity index (χ1v) is 22.6. The standard InChI is InChI=1S/C27H37NO6S.C16H25NO4S/c1-22-12-18-25(19-13-22)35(31,32)28(20-8-6-4-5-7-11-26(29)33-2)21-9-10-23-14-16-24(17-15-23)27(30)34-3;1-14-9-11-15(12-10-14)22(19,20)17-13-7-5-3-4-6-8-16(18)21-2/h12-19H,4-11,20-21H2,1-3H3;9-12,17H,3-8,13H2,1-2H3. The van der Waals surface area contributed by atoms with Gasteiger partial charge in [-0.15, -0.1) is 0 Å². The number of carbonyl (C=O) groups is 3. The fourth-order valence-corrected chi connectivity index (χ4v) is 8.41. The van der Waals surface area contributed by atoms with Gasteiger partial charge in [-0.2, -0.15) is 4.31 Å². The molecule has 1 N–H and O–H groups in total. The molecule has 3 rings (SSSR count). The Kier molecular flexibility index (Phi) is 23.0. The van der Waals surface area contributed by atoms with Crippen molar-refractivity contribution in [2.24, 2.45) is 0 Å². The molecule has 3 aromatic carbocycles. The highest BCUT2D eigenvalue weighted by atomic mass is 32.2. The molecule has 0 atom stereocenters. The molecule has 0 unspecified atom stereocenters. The molecule has 0 amide bonds. The lowest BCUT2D eigenvalue weighted by molar-refractivity contribution is -0.141. The molecule has 14 heteroatoms. The van der Waals surface area contributed by atoms with E-state index in [2.05, 4.69) is 14.2 Å². The van der Waals surface area contributed by atoms with Crippen LogP contribution in [0.15, 0.2) is 82.6 Å². The van der Waals surface area contributed by atoms with Crippen molar-refractivity contribution in [1.82, 2.24) is 9.03 Å². The minimum atomic E-state index is -3.59. The number of hydrogen-bond donors (Lipinski definition) is 1.